The number of nitrogens with one attached hydrogen (secondary N) is 1. The average Bonchev–Trinajstić information content (AvgIpc) is 2.48. The lowest BCUT2D eigenvalue weighted by molar-refractivity contribution is 1.45. The molecule has 1 aliphatic rings. The van der Waals surface area contributed by atoms with Gasteiger partial charge < -0.3 is 5.32 Å². The van der Waals surface area contributed by atoms with Crippen molar-refractivity contribution in [1.82, 2.24) is 0 Å². The average molecular weight is 208 g/mol. The van der Waals surface area contributed by atoms with Crippen LogP contribution in [-0.4, -0.2) is 6.21 Å². The van der Waals surface area contributed by atoms with Gasteiger partial charge in [-0.05, 0) is 31.2 Å². The fourth-order valence-corrected chi connectivity index (χ4v) is 1.88. The Kier molecular flexibility index (Phi) is 2.00. The summed E-state index contributed by atoms with van der Waals surface area (Å²) in [6, 6.07) is 14.4. The van der Waals surface area contributed by atoms with Gasteiger partial charge in [0.1, 0.15) is 0 Å². The van der Waals surface area contributed by atoms with Crippen LogP contribution in [0, 0.1) is 6.92 Å². The molecule has 3 rings (SSSR count). The van der Waals surface area contributed by atoms with Crippen LogP contribution in [0.25, 0.3) is 0 Å². The summed E-state index contributed by atoms with van der Waals surface area (Å²) in [5, 5.41) is 3.41. The molecule has 2 aromatic carbocycles. The summed E-state index contributed by atoms with van der Waals surface area (Å²) in [6.07, 6.45) is 1.92. The fourth-order valence-electron chi connectivity index (χ4n) is 1.88. The molecule has 1 N–H and O–H groups in total. The van der Waals surface area contributed by atoms with E-state index in [0.717, 1.165) is 22.6 Å². The molecule has 0 amide bonds. The van der Waals surface area contributed by atoms with Gasteiger partial charge in [-0.1, -0.05) is 23.8 Å². The number of benzene rings is 2. The molecule has 0 fully saturated rings. The third-order valence-electron chi connectivity index (χ3n) is 2.72. The molecule has 0 bridgehead atoms. The Balaban J connectivity index is 2.17. The van der Waals surface area contributed by atoms with Gasteiger partial charge in [0.05, 0.1) is 11.4 Å². The molecule has 1 aliphatic heterocycles. The Morgan fingerprint density at radius 2 is 1.88 bits per heavy atom. The van der Waals surface area contributed by atoms with E-state index in [2.05, 4.69) is 35.4 Å². The van der Waals surface area contributed by atoms with Gasteiger partial charge in [0.25, 0.3) is 0 Å². The highest BCUT2D eigenvalue weighted by Gasteiger charge is 2.08. The van der Waals surface area contributed by atoms with E-state index in [9.17, 15) is 0 Å². The molecule has 0 radical (unpaired) electrons. The highest BCUT2D eigenvalue weighted by atomic mass is 14.9. The van der Waals surface area contributed by atoms with Gasteiger partial charge >= 0.3 is 0 Å². The fraction of sp³-hybridized carbons (Fsp3) is 0.0714. The number of fused-ring (bicyclic) bond motifs is 2. The van der Waals surface area contributed by atoms with Crippen molar-refractivity contribution in [3.8, 4) is 0 Å². The van der Waals surface area contributed by atoms with Crippen LogP contribution in [0.2, 0.25) is 0 Å². The monoisotopic (exact) mass is 208 g/mol. The van der Waals surface area contributed by atoms with Crippen LogP contribution >= 0.6 is 0 Å². The van der Waals surface area contributed by atoms with Crippen molar-refractivity contribution in [2.45, 2.75) is 6.92 Å². The maximum atomic E-state index is 4.48. The molecular weight excluding hydrogens is 196 g/mol. The Hall–Kier alpha value is -2.09. The molecule has 2 heteroatoms. The Morgan fingerprint density at radius 1 is 1.00 bits per heavy atom. The lowest BCUT2D eigenvalue weighted by Gasteiger charge is -2.08. The van der Waals surface area contributed by atoms with Crippen molar-refractivity contribution >= 4 is 23.3 Å². The second kappa shape index (κ2) is 3.49. The van der Waals surface area contributed by atoms with Crippen LogP contribution < -0.4 is 5.32 Å². The van der Waals surface area contributed by atoms with E-state index in [-0.39, 0.29) is 0 Å². The first-order valence-electron chi connectivity index (χ1n) is 5.34. The van der Waals surface area contributed by atoms with Crippen LogP contribution in [0.15, 0.2) is 47.5 Å². The SMILES string of the molecule is Cc1ccc2c(c1)C=Nc1ccccc1N2. The van der Waals surface area contributed by atoms with E-state index in [1.54, 1.807) is 0 Å². The Morgan fingerprint density at radius 3 is 2.81 bits per heavy atom. The molecule has 78 valence electrons. The largest absolute Gasteiger partial charge is 0.353 e. The number of hydrogen-bond donors (Lipinski definition) is 1. The van der Waals surface area contributed by atoms with Gasteiger partial charge in [-0.25, -0.2) is 0 Å². The van der Waals surface area contributed by atoms with Crippen molar-refractivity contribution in [3.63, 3.8) is 0 Å². The highest BCUT2D eigenvalue weighted by molar-refractivity contribution is 5.95. The van der Waals surface area contributed by atoms with E-state index in [1.807, 2.05) is 30.5 Å². The summed E-state index contributed by atoms with van der Waals surface area (Å²) < 4.78 is 0. The normalized spacial score (nSPS) is 12.3. The first-order chi connectivity index (χ1) is 7.83. The van der Waals surface area contributed by atoms with Gasteiger partial charge in [0.2, 0.25) is 0 Å². The van der Waals surface area contributed by atoms with Crippen LogP contribution in [0.4, 0.5) is 17.1 Å². The van der Waals surface area contributed by atoms with Crippen molar-refractivity contribution in [3.05, 3.63) is 53.6 Å². The van der Waals surface area contributed by atoms with E-state index in [0.29, 0.717) is 0 Å². The molecule has 0 spiro atoms. The minimum atomic E-state index is 0.983. The number of nitrogens with zero attached hydrogens (tertiary/aromatic N) is 1. The van der Waals surface area contributed by atoms with Crippen LogP contribution in [0.3, 0.4) is 0 Å². The zero-order valence-electron chi connectivity index (χ0n) is 9.07. The maximum Gasteiger partial charge on any atom is 0.0864 e. The quantitative estimate of drug-likeness (QED) is 0.597. The summed E-state index contributed by atoms with van der Waals surface area (Å²) >= 11 is 0. The standard InChI is InChI=1S/C14H12N2/c1-10-6-7-12-11(8-10)9-15-13-4-2-3-5-14(13)16-12/h2-9,16H,1H3. The predicted molar refractivity (Wildman–Crippen MR) is 68.2 cm³/mol. The second-order valence-corrected chi connectivity index (χ2v) is 3.99. The van der Waals surface area contributed by atoms with Crippen molar-refractivity contribution < 1.29 is 0 Å². The van der Waals surface area contributed by atoms with E-state index >= 15 is 0 Å². The number of rotatable bonds is 0. The molecular formula is C14H12N2. The Bertz CT molecular complexity index is 571. The number of anilines is 2. The van der Waals surface area contributed by atoms with Gasteiger partial charge in [-0.2, -0.15) is 0 Å². The zero-order valence-corrected chi connectivity index (χ0v) is 9.07. The molecule has 1 heterocycles. The van der Waals surface area contributed by atoms with Crippen molar-refractivity contribution in [1.29, 1.82) is 0 Å². The molecule has 0 unspecified atom stereocenters. The van der Waals surface area contributed by atoms with Gasteiger partial charge in [0, 0.05) is 17.5 Å². The van der Waals surface area contributed by atoms with E-state index in [4.69, 9.17) is 0 Å². The third kappa shape index (κ3) is 1.48. The Labute approximate surface area is 94.7 Å². The molecule has 0 atom stereocenters. The van der Waals surface area contributed by atoms with E-state index in [1.165, 1.54) is 5.56 Å². The molecule has 2 aromatic rings. The number of aryl methyl sites for hydroxylation is 1. The molecule has 0 aromatic heterocycles. The summed E-state index contributed by atoms with van der Waals surface area (Å²) in [4.78, 5) is 4.48. The van der Waals surface area contributed by atoms with Crippen molar-refractivity contribution in [2.75, 3.05) is 5.32 Å². The minimum absolute atomic E-state index is 0.983. The third-order valence-corrected chi connectivity index (χ3v) is 2.72. The van der Waals surface area contributed by atoms with Crippen LogP contribution in [-0.2, 0) is 0 Å². The molecule has 16 heavy (non-hydrogen) atoms. The number of hydrogen-bond acceptors (Lipinski definition) is 2. The molecule has 2 nitrogen and oxygen atoms in total. The summed E-state index contributed by atoms with van der Waals surface area (Å²) in [6.45, 7) is 2.09. The van der Waals surface area contributed by atoms with Gasteiger partial charge in [-0.3, -0.25) is 4.99 Å². The molecule has 0 aliphatic carbocycles. The van der Waals surface area contributed by atoms with E-state index < -0.39 is 0 Å². The first kappa shape index (κ1) is 9.16. The molecule has 0 saturated carbocycles. The smallest absolute Gasteiger partial charge is 0.0864 e. The number of aliphatic imine (C=N–C) groups is 1. The summed E-state index contributed by atoms with van der Waals surface area (Å²) in [5.74, 6) is 0. The predicted octanol–water partition coefficient (Wildman–Crippen LogP) is 3.80. The van der Waals surface area contributed by atoms with Crippen LogP contribution in [0.5, 0.6) is 0 Å². The topological polar surface area (TPSA) is 24.4 Å². The lowest BCUT2D eigenvalue weighted by atomic mass is 10.1. The minimum Gasteiger partial charge on any atom is -0.353 e. The highest BCUT2D eigenvalue weighted by Crippen LogP contribution is 2.31. The zero-order chi connectivity index (χ0) is 11.0. The van der Waals surface area contributed by atoms with Gasteiger partial charge in [0.15, 0.2) is 0 Å². The van der Waals surface area contributed by atoms with Crippen molar-refractivity contribution in [2.24, 2.45) is 4.99 Å². The summed E-state index contributed by atoms with van der Waals surface area (Å²) in [5.41, 5.74) is 5.53. The van der Waals surface area contributed by atoms with Crippen LogP contribution in [0.1, 0.15) is 11.1 Å². The molecule has 0 saturated heterocycles. The first-order valence-corrected chi connectivity index (χ1v) is 5.34. The van der Waals surface area contributed by atoms with Gasteiger partial charge in [-0.15, -0.1) is 0 Å². The lowest BCUT2D eigenvalue weighted by Crippen LogP contribution is -1.93. The second-order valence-electron chi connectivity index (χ2n) is 3.99. The summed E-state index contributed by atoms with van der Waals surface area (Å²) in [7, 11) is 0. The number of para-hydroxylation sites is 2. The maximum absolute atomic E-state index is 4.48.